The third-order valence-electron chi connectivity index (χ3n) is 3.86. The number of hydrogen-bond acceptors (Lipinski definition) is 6. The van der Waals surface area contributed by atoms with Crippen molar-refractivity contribution in [3.63, 3.8) is 0 Å². The molecule has 0 aliphatic carbocycles. The number of aromatic nitrogens is 2. The van der Waals surface area contributed by atoms with Crippen LogP contribution < -0.4 is 16.4 Å². The zero-order valence-electron chi connectivity index (χ0n) is 15.3. The zero-order chi connectivity index (χ0) is 20.2. The lowest BCUT2D eigenvalue weighted by Crippen LogP contribution is -2.26. The average Bonchev–Trinajstić information content (AvgIpc) is 2.61. The smallest absolute Gasteiger partial charge is 0.316 e. The molecule has 27 heavy (non-hydrogen) atoms. The summed E-state index contributed by atoms with van der Waals surface area (Å²) in [5, 5.41) is 14.8. The quantitative estimate of drug-likeness (QED) is 0.451. The number of nitrogens with one attached hydrogen (secondary N) is 2. The summed E-state index contributed by atoms with van der Waals surface area (Å²) in [4.78, 5) is 19.8. The first-order valence-corrected chi connectivity index (χ1v) is 9.29. The number of nitrogens with zero attached hydrogens (tertiary/aromatic N) is 2. The van der Waals surface area contributed by atoms with E-state index >= 15 is 0 Å². The van der Waals surface area contributed by atoms with Gasteiger partial charge in [-0.05, 0) is 45.0 Å². The number of anilines is 2. The van der Waals surface area contributed by atoms with Gasteiger partial charge < -0.3 is 26.0 Å². The summed E-state index contributed by atoms with van der Waals surface area (Å²) in [6.07, 6.45) is 0. The number of rotatable bonds is 7. The van der Waals surface area contributed by atoms with Crippen molar-refractivity contribution < 1.29 is 18.7 Å². The molecule has 0 radical (unpaired) electrons. The van der Waals surface area contributed by atoms with Gasteiger partial charge in [-0.25, -0.2) is 19.0 Å². The van der Waals surface area contributed by atoms with E-state index in [-0.39, 0.29) is 12.6 Å². The number of carbonyl (C=O) groups excluding carboxylic acids is 1. The van der Waals surface area contributed by atoms with E-state index in [1.165, 1.54) is 0 Å². The molecule has 0 aliphatic rings. The number of carbonyl (C=O) groups is 1. The average molecular weight is 393 g/mol. The Morgan fingerprint density at radius 1 is 1.30 bits per heavy atom. The van der Waals surface area contributed by atoms with Crippen LogP contribution in [0.1, 0.15) is 26.5 Å². The Morgan fingerprint density at radius 3 is 2.44 bits per heavy atom. The highest BCUT2D eigenvalue weighted by Crippen LogP contribution is 2.29. The summed E-state index contributed by atoms with van der Waals surface area (Å²) in [6.45, 7) is 4.89. The van der Waals surface area contributed by atoms with E-state index < -0.39 is 21.9 Å². The Balaban J connectivity index is 2.49. The molecule has 0 spiro atoms. The molecule has 1 unspecified atom stereocenters. The molecule has 0 aliphatic heterocycles. The minimum atomic E-state index is -2.15. The zero-order valence-corrected chi connectivity index (χ0v) is 16.1. The second-order valence-electron chi connectivity index (χ2n) is 6.52. The first-order chi connectivity index (χ1) is 12.6. The molecule has 6 N–H and O–H groups in total. The third-order valence-corrected chi connectivity index (χ3v) is 4.94. The molecule has 10 heteroatoms. The molecule has 0 bridgehead atoms. The molecule has 1 heterocycles. The molecule has 2 aromatic rings. The number of nitrogens with two attached hydrogens (primary N) is 1. The predicted molar refractivity (Wildman–Crippen MR) is 105 cm³/mol. The summed E-state index contributed by atoms with van der Waals surface area (Å²) in [5.41, 5.74) is 6.63. The number of aliphatic hydroxyl groups excluding tert-OH is 1. The van der Waals surface area contributed by atoms with Crippen LogP contribution in [0, 0.1) is 0 Å². The molecule has 0 saturated heterocycles. The van der Waals surface area contributed by atoms with Crippen molar-refractivity contribution in [3.8, 4) is 11.4 Å². The standard InChI is InChI=1S/C17H23N5O4S/c1-10(9-23)19-14-8-13(17(2,3)27(25)26)21-15(22-14)11-4-6-12(7-5-11)20-16(18)24/h4-8,10,23H,9H2,1-3H3,(H,25,26)(H3,18,20,24)(H,19,21,22)/t10-/m0/s1. The van der Waals surface area contributed by atoms with E-state index in [2.05, 4.69) is 20.6 Å². The fourth-order valence-corrected chi connectivity index (χ4v) is 2.47. The fourth-order valence-electron chi connectivity index (χ4n) is 2.19. The molecule has 2 amide bonds. The van der Waals surface area contributed by atoms with Crippen LogP contribution in [-0.2, 0) is 15.8 Å². The van der Waals surface area contributed by atoms with Crippen molar-refractivity contribution in [2.45, 2.75) is 31.6 Å². The van der Waals surface area contributed by atoms with Crippen LogP contribution in [0.15, 0.2) is 30.3 Å². The Labute approximate surface area is 159 Å². The van der Waals surface area contributed by atoms with E-state index in [4.69, 9.17) is 5.73 Å². The van der Waals surface area contributed by atoms with Gasteiger partial charge in [-0.1, -0.05) is 0 Å². The third kappa shape index (κ3) is 5.22. The monoisotopic (exact) mass is 393 g/mol. The molecule has 1 aromatic heterocycles. The van der Waals surface area contributed by atoms with Gasteiger partial charge in [0.05, 0.1) is 12.3 Å². The van der Waals surface area contributed by atoms with Crippen molar-refractivity contribution in [3.05, 3.63) is 36.0 Å². The summed E-state index contributed by atoms with van der Waals surface area (Å²) in [7, 11) is 0. The van der Waals surface area contributed by atoms with Gasteiger partial charge in [-0.15, -0.1) is 0 Å². The van der Waals surface area contributed by atoms with Crippen molar-refractivity contribution in [2.75, 3.05) is 17.2 Å². The van der Waals surface area contributed by atoms with Crippen LogP contribution in [0.3, 0.4) is 0 Å². The highest BCUT2D eigenvalue weighted by molar-refractivity contribution is 7.80. The van der Waals surface area contributed by atoms with E-state index in [9.17, 15) is 18.7 Å². The fraction of sp³-hybridized carbons (Fsp3) is 0.353. The Kier molecular flexibility index (Phi) is 6.47. The number of benzene rings is 1. The van der Waals surface area contributed by atoms with E-state index in [0.717, 1.165) is 0 Å². The summed E-state index contributed by atoms with van der Waals surface area (Å²) >= 11 is -2.15. The number of hydrogen-bond donors (Lipinski definition) is 5. The molecule has 2 rings (SSSR count). The lowest BCUT2D eigenvalue weighted by Gasteiger charge is -2.22. The molecule has 0 fully saturated rings. The molecular formula is C17H23N5O4S. The Hall–Kier alpha value is -2.56. The highest BCUT2D eigenvalue weighted by Gasteiger charge is 2.30. The first kappa shape index (κ1) is 20.7. The topological polar surface area (TPSA) is 150 Å². The lowest BCUT2D eigenvalue weighted by molar-refractivity contribution is 0.259. The van der Waals surface area contributed by atoms with Gasteiger partial charge in [0, 0.05) is 23.4 Å². The van der Waals surface area contributed by atoms with Crippen LogP contribution in [0.2, 0.25) is 0 Å². The number of amides is 2. The van der Waals surface area contributed by atoms with Crippen LogP contribution in [-0.4, -0.2) is 42.5 Å². The number of aliphatic hydroxyl groups is 1. The summed E-state index contributed by atoms with van der Waals surface area (Å²) in [6, 6.07) is 7.36. The van der Waals surface area contributed by atoms with Crippen LogP contribution in [0.4, 0.5) is 16.3 Å². The Morgan fingerprint density at radius 2 is 1.93 bits per heavy atom. The van der Waals surface area contributed by atoms with Crippen molar-refractivity contribution in [1.29, 1.82) is 0 Å². The van der Waals surface area contributed by atoms with Gasteiger partial charge >= 0.3 is 6.03 Å². The molecule has 2 atom stereocenters. The van der Waals surface area contributed by atoms with Crippen molar-refractivity contribution >= 4 is 28.6 Å². The van der Waals surface area contributed by atoms with Crippen LogP contribution >= 0.6 is 0 Å². The second-order valence-corrected chi connectivity index (χ2v) is 8.03. The van der Waals surface area contributed by atoms with Gasteiger partial charge in [-0.2, -0.15) is 0 Å². The van der Waals surface area contributed by atoms with Gasteiger partial charge in [0.1, 0.15) is 10.6 Å². The normalized spacial score (nSPS) is 13.7. The molecule has 1 aromatic carbocycles. The lowest BCUT2D eigenvalue weighted by atomic mass is 10.1. The largest absolute Gasteiger partial charge is 0.394 e. The maximum atomic E-state index is 11.7. The minimum absolute atomic E-state index is 0.0997. The maximum Gasteiger partial charge on any atom is 0.316 e. The Bertz CT molecular complexity index is 842. The van der Waals surface area contributed by atoms with E-state index in [1.807, 2.05) is 0 Å². The van der Waals surface area contributed by atoms with Crippen LogP contribution in [0.5, 0.6) is 0 Å². The van der Waals surface area contributed by atoms with E-state index in [0.29, 0.717) is 28.6 Å². The number of urea groups is 1. The SMILES string of the molecule is C[C@@H](CO)Nc1cc(C(C)(C)S(=O)O)nc(-c2ccc(NC(N)=O)cc2)n1. The van der Waals surface area contributed by atoms with Crippen molar-refractivity contribution in [1.82, 2.24) is 9.97 Å². The van der Waals surface area contributed by atoms with Crippen molar-refractivity contribution in [2.24, 2.45) is 5.73 Å². The first-order valence-electron chi connectivity index (χ1n) is 8.18. The maximum absolute atomic E-state index is 11.7. The van der Waals surface area contributed by atoms with Crippen LogP contribution in [0.25, 0.3) is 11.4 Å². The molecular weight excluding hydrogens is 370 g/mol. The molecule has 146 valence electrons. The van der Waals surface area contributed by atoms with E-state index in [1.54, 1.807) is 51.1 Å². The summed E-state index contributed by atoms with van der Waals surface area (Å²) in [5.74, 6) is 0.763. The van der Waals surface area contributed by atoms with Gasteiger partial charge in [0.15, 0.2) is 16.9 Å². The summed E-state index contributed by atoms with van der Waals surface area (Å²) < 4.78 is 20.3. The predicted octanol–water partition coefficient (Wildman–Crippen LogP) is 1.88. The minimum Gasteiger partial charge on any atom is -0.394 e. The van der Waals surface area contributed by atoms with Gasteiger partial charge in [-0.3, -0.25) is 0 Å². The molecule has 0 saturated carbocycles. The van der Waals surface area contributed by atoms with Gasteiger partial charge in [0.25, 0.3) is 0 Å². The number of primary amides is 1. The highest BCUT2D eigenvalue weighted by atomic mass is 32.2. The molecule has 9 nitrogen and oxygen atoms in total. The second kappa shape index (κ2) is 8.42. The van der Waals surface area contributed by atoms with Gasteiger partial charge in [0.2, 0.25) is 0 Å².